The normalized spacial score (nSPS) is 12.2. The molecular weight excluding hydrogens is 266 g/mol. The molecule has 1 atom stereocenters. The Labute approximate surface area is 124 Å². The van der Waals surface area contributed by atoms with Crippen LogP contribution in [0.5, 0.6) is 0 Å². The molecule has 0 aliphatic carbocycles. The molecule has 2 aromatic rings. The molecule has 0 radical (unpaired) electrons. The number of carbonyl (C=O) groups is 1. The van der Waals surface area contributed by atoms with Gasteiger partial charge in [0.05, 0.1) is 17.3 Å². The molecule has 0 aliphatic rings. The largest absolute Gasteiger partial charge is 0.478 e. The first-order valence-electron chi connectivity index (χ1n) is 6.91. The van der Waals surface area contributed by atoms with Gasteiger partial charge in [0.25, 0.3) is 0 Å². The summed E-state index contributed by atoms with van der Waals surface area (Å²) >= 11 is 0. The molecule has 2 rings (SSSR count). The molecular formula is C16H21N3O2. The van der Waals surface area contributed by atoms with Gasteiger partial charge in [-0.25, -0.2) is 4.79 Å². The molecule has 2 N–H and O–H groups in total. The van der Waals surface area contributed by atoms with Crippen LogP contribution in [0.4, 0.5) is 5.69 Å². The highest BCUT2D eigenvalue weighted by Crippen LogP contribution is 2.26. The van der Waals surface area contributed by atoms with E-state index in [1.54, 1.807) is 12.1 Å². The fourth-order valence-corrected chi connectivity index (χ4v) is 2.68. The Hall–Kier alpha value is -2.30. The van der Waals surface area contributed by atoms with Crippen LogP contribution in [-0.4, -0.2) is 20.9 Å². The van der Waals surface area contributed by atoms with Crippen LogP contribution in [0, 0.1) is 20.8 Å². The number of carboxylic acid groups (broad SMARTS) is 1. The van der Waals surface area contributed by atoms with Crippen molar-refractivity contribution >= 4 is 11.7 Å². The van der Waals surface area contributed by atoms with Crippen LogP contribution in [0.3, 0.4) is 0 Å². The molecule has 0 amide bonds. The summed E-state index contributed by atoms with van der Waals surface area (Å²) in [5.41, 5.74) is 5.48. The summed E-state index contributed by atoms with van der Waals surface area (Å²) in [4.78, 5) is 11.0. The molecule has 0 aliphatic heterocycles. The number of aromatic carboxylic acids is 1. The summed E-state index contributed by atoms with van der Waals surface area (Å²) in [6.45, 7) is 8.04. The standard InChI is InChI=1S/C16H21N3O2/c1-9-8-13(16(20)21)6-7-14(9)17-10(2)15-11(3)18-19(5)12(15)4/h6-8,10,17H,1-5H3,(H,20,21). The third-order valence-electron chi connectivity index (χ3n) is 3.84. The fraction of sp³-hybridized carbons (Fsp3) is 0.375. The van der Waals surface area contributed by atoms with Crippen LogP contribution in [0.2, 0.25) is 0 Å². The van der Waals surface area contributed by atoms with Gasteiger partial charge in [0.2, 0.25) is 0 Å². The summed E-state index contributed by atoms with van der Waals surface area (Å²) < 4.78 is 1.88. The maximum atomic E-state index is 11.0. The molecule has 5 heteroatoms. The van der Waals surface area contributed by atoms with E-state index >= 15 is 0 Å². The first kappa shape index (κ1) is 15.1. The third kappa shape index (κ3) is 2.91. The van der Waals surface area contributed by atoms with Crippen LogP contribution in [0.1, 0.15) is 45.8 Å². The summed E-state index contributed by atoms with van der Waals surface area (Å²) in [5, 5.41) is 16.9. The Bertz CT molecular complexity index is 689. The molecule has 0 fully saturated rings. The van der Waals surface area contributed by atoms with Gasteiger partial charge < -0.3 is 10.4 Å². The van der Waals surface area contributed by atoms with Crippen molar-refractivity contribution in [3.63, 3.8) is 0 Å². The Kier molecular flexibility index (Phi) is 4.02. The van der Waals surface area contributed by atoms with E-state index in [4.69, 9.17) is 5.11 Å². The van der Waals surface area contributed by atoms with Gasteiger partial charge in [-0.05, 0) is 51.5 Å². The number of aryl methyl sites for hydroxylation is 3. The average molecular weight is 287 g/mol. The molecule has 1 aromatic heterocycles. The van der Waals surface area contributed by atoms with E-state index < -0.39 is 5.97 Å². The molecule has 1 aromatic carbocycles. The number of benzene rings is 1. The Morgan fingerprint density at radius 2 is 2.00 bits per heavy atom. The monoisotopic (exact) mass is 287 g/mol. The quantitative estimate of drug-likeness (QED) is 0.906. The van der Waals surface area contributed by atoms with Crippen molar-refractivity contribution in [2.75, 3.05) is 5.32 Å². The summed E-state index contributed by atoms with van der Waals surface area (Å²) in [5.74, 6) is -0.906. The number of rotatable bonds is 4. The molecule has 21 heavy (non-hydrogen) atoms. The number of hydrogen-bond donors (Lipinski definition) is 2. The van der Waals surface area contributed by atoms with Gasteiger partial charge in [-0.1, -0.05) is 0 Å². The van der Waals surface area contributed by atoms with E-state index in [9.17, 15) is 4.79 Å². The van der Waals surface area contributed by atoms with Crippen molar-refractivity contribution in [2.45, 2.75) is 33.7 Å². The molecule has 0 saturated heterocycles. The molecule has 1 heterocycles. The molecule has 5 nitrogen and oxygen atoms in total. The van der Waals surface area contributed by atoms with Crippen molar-refractivity contribution < 1.29 is 9.90 Å². The van der Waals surface area contributed by atoms with E-state index in [0.29, 0.717) is 5.56 Å². The number of nitrogens with one attached hydrogen (secondary N) is 1. The minimum absolute atomic E-state index is 0.105. The van der Waals surface area contributed by atoms with Crippen LogP contribution < -0.4 is 5.32 Å². The predicted molar refractivity (Wildman–Crippen MR) is 82.9 cm³/mol. The Morgan fingerprint density at radius 1 is 1.33 bits per heavy atom. The van der Waals surface area contributed by atoms with E-state index in [1.165, 1.54) is 5.56 Å². The van der Waals surface area contributed by atoms with E-state index in [0.717, 1.165) is 22.6 Å². The average Bonchev–Trinajstić information content (AvgIpc) is 2.65. The zero-order valence-electron chi connectivity index (χ0n) is 13.1. The van der Waals surface area contributed by atoms with Crippen LogP contribution in [0.15, 0.2) is 18.2 Å². The van der Waals surface area contributed by atoms with Gasteiger partial charge in [-0.3, -0.25) is 4.68 Å². The van der Waals surface area contributed by atoms with Crippen LogP contribution in [0.25, 0.3) is 0 Å². The van der Waals surface area contributed by atoms with Gasteiger partial charge in [0, 0.05) is 24.0 Å². The number of aromatic nitrogens is 2. The first-order valence-corrected chi connectivity index (χ1v) is 6.91. The highest BCUT2D eigenvalue weighted by atomic mass is 16.4. The van der Waals surface area contributed by atoms with Gasteiger partial charge in [0.1, 0.15) is 0 Å². The van der Waals surface area contributed by atoms with Crippen LogP contribution >= 0.6 is 0 Å². The maximum Gasteiger partial charge on any atom is 0.335 e. The minimum atomic E-state index is -0.906. The summed E-state index contributed by atoms with van der Waals surface area (Å²) in [7, 11) is 1.94. The zero-order chi connectivity index (χ0) is 15.7. The Morgan fingerprint density at radius 3 is 2.48 bits per heavy atom. The van der Waals surface area contributed by atoms with E-state index in [-0.39, 0.29) is 6.04 Å². The number of hydrogen-bond acceptors (Lipinski definition) is 3. The van der Waals surface area contributed by atoms with E-state index in [2.05, 4.69) is 17.3 Å². The summed E-state index contributed by atoms with van der Waals surface area (Å²) in [6, 6.07) is 5.22. The van der Waals surface area contributed by atoms with Crippen molar-refractivity contribution in [1.82, 2.24) is 9.78 Å². The Balaban J connectivity index is 2.27. The van der Waals surface area contributed by atoms with E-state index in [1.807, 2.05) is 38.6 Å². The second-order valence-corrected chi connectivity index (χ2v) is 5.41. The van der Waals surface area contributed by atoms with Gasteiger partial charge in [0.15, 0.2) is 0 Å². The second-order valence-electron chi connectivity index (χ2n) is 5.41. The fourth-order valence-electron chi connectivity index (χ4n) is 2.68. The third-order valence-corrected chi connectivity index (χ3v) is 3.84. The van der Waals surface area contributed by atoms with Gasteiger partial charge >= 0.3 is 5.97 Å². The maximum absolute atomic E-state index is 11.0. The van der Waals surface area contributed by atoms with Crippen molar-refractivity contribution in [2.24, 2.45) is 7.05 Å². The highest BCUT2D eigenvalue weighted by Gasteiger charge is 2.17. The smallest absolute Gasteiger partial charge is 0.335 e. The molecule has 0 bridgehead atoms. The zero-order valence-corrected chi connectivity index (χ0v) is 13.1. The first-order chi connectivity index (χ1) is 9.81. The SMILES string of the molecule is Cc1cc(C(=O)O)ccc1NC(C)c1c(C)nn(C)c1C. The van der Waals surface area contributed by atoms with Gasteiger partial charge in [-0.2, -0.15) is 5.10 Å². The van der Waals surface area contributed by atoms with Crippen molar-refractivity contribution in [1.29, 1.82) is 0 Å². The summed E-state index contributed by atoms with van der Waals surface area (Å²) in [6.07, 6.45) is 0. The molecule has 0 saturated carbocycles. The molecule has 0 spiro atoms. The second kappa shape index (κ2) is 5.60. The number of nitrogens with zero attached hydrogens (tertiary/aromatic N) is 2. The molecule has 112 valence electrons. The lowest BCUT2D eigenvalue weighted by Crippen LogP contribution is -2.10. The van der Waals surface area contributed by atoms with Crippen LogP contribution in [-0.2, 0) is 7.05 Å². The predicted octanol–water partition coefficient (Wildman–Crippen LogP) is 3.22. The topological polar surface area (TPSA) is 67.2 Å². The highest BCUT2D eigenvalue weighted by molar-refractivity contribution is 5.88. The molecule has 1 unspecified atom stereocenters. The lowest BCUT2D eigenvalue weighted by Gasteiger charge is -2.18. The van der Waals surface area contributed by atoms with Gasteiger partial charge in [-0.15, -0.1) is 0 Å². The lowest BCUT2D eigenvalue weighted by atomic mass is 10.0. The van der Waals surface area contributed by atoms with Crippen molar-refractivity contribution in [3.8, 4) is 0 Å². The number of carboxylic acids is 1. The minimum Gasteiger partial charge on any atom is -0.478 e. The number of anilines is 1. The van der Waals surface area contributed by atoms with Crippen molar-refractivity contribution in [3.05, 3.63) is 46.3 Å². The lowest BCUT2D eigenvalue weighted by molar-refractivity contribution is 0.0697.